The van der Waals surface area contributed by atoms with Gasteiger partial charge in [0.25, 0.3) is 0 Å². The molecule has 3 aromatic rings. The highest BCUT2D eigenvalue weighted by Crippen LogP contribution is 2.26. The number of urea groups is 1. The molecule has 1 aliphatic rings. The van der Waals surface area contributed by atoms with Gasteiger partial charge in [0.1, 0.15) is 5.82 Å². The largest absolute Gasteiger partial charge is 0.346 e. The summed E-state index contributed by atoms with van der Waals surface area (Å²) < 4.78 is 0. The van der Waals surface area contributed by atoms with Crippen molar-refractivity contribution in [2.24, 2.45) is 0 Å². The lowest BCUT2D eigenvalue weighted by Gasteiger charge is -2.26. The fourth-order valence-corrected chi connectivity index (χ4v) is 3.49. The molecule has 2 amide bonds. The van der Waals surface area contributed by atoms with Crippen LogP contribution in [0.15, 0.2) is 54.9 Å². The van der Waals surface area contributed by atoms with E-state index in [2.05, 4.69) is 20.3 Å². The molecule has 3 heterocycles. The smallest absolute Gasteiger partial charge is 0.324 e. The zero-order chi connectivity index (χ0) is 22.2. The van der Waals surface area contributed by atoms with Crippen molar-refractivity contribution in [2.45, 2.75) is 18.3 Å². The van der Waals surface area contributed by atoms with Crippen LogP contribution >= 0.6 is 11.6 Å². The number of nitrogens with one attached hydrogen (secondary N) is 1. The number of aromatic nitrogens is 3. The Balaban J connectivity index is 1.48. The summed E-state index contributed by atoms with van der Waals surface area (Å²) in [6.45, 7) is 2.08. The molecule has 0 bridgehead atoms. The van der Waals surface area contributed by atoms with Crippen LogP contribution in [-0.2, 0) is 0 Å². The molecule has 0 saturated carbocycles. The number of pyridine rings is 1. The third-order valence-electron chi connectivity index (χ3n) is 5.20. The second-order valence-corrected chi connectivity index (χ2v) is 7.94. The van der Waals surface area contributed by atoms with Crippen LogP contribution in [0.2, 0.25) is 5.02 Å². The average Bonchev–Trinajstić information content (AvgIpc) is 2.97. The molecule has 4 rings (SSSR count). The maximum Gasteiger partial charge on any atom is 0.324 e. The first-order valence-corrected chi connectivity index (χ1v) is 10.1. The minimum Gasteiger partial charge on any atom is -0.346 e. The fourth-order valence-electron chi connectivity index (χ4n) is 3.30. The van der Waals surface area contributed by atoms with Crippen LogP contribution in [0.4, 0.5) is 16.6 Å². The highest BCUT2D eigenvalue weighted by Gasteiger charge is 2.40. The number of benzene rings is 1. The van der Waals surface area contributed by atoms with Gasteiger partial charge < -0.3 is 10.2 Å². The van der Waals surface area contributed by atoms with Crippen molar-refractivity contribution in [3.63, 3.8) is 0 Å². The highest BCUT2D eigenvalue weighted by molar-refractivity contribution is 6.42. The van der Waals surface area contributed by atoms with E-state index in [1.807, 2.05) is 43.3 Å². The summed E-state index contributed by atoms with van der Waals surface area (Å²) >= 11 is 6.07. The number of carbonyl (C=O) groups excluding carboxylic acids is 1. The van der Waals surface area contributed by atoms with E-state index >= 15 is 0 Å². The molecule has 2 aromatic heterocycles. The minimum absolute atomic E-state index is 0.126. The van der Waals surface area contributed by atoms with Crippen molar-refractivity contribution >= 4 is 45.1 Å². The number of anilines is 2. The number of hydrogen-bond acceptors (Lipinski definition) is 5. The second-order valence-electron chi connectivity index (χ2n) is 7.51. The Bertz CT molecular complexity index is 1110. The molecule has 1 fully saturated rings. The monoisotopic (exact) mass is 428 g/mol. The number of nitrogens with zero attached hydrogens (tertiary/aromatic N) is 5. The van der Waals surface area contributed by atoms with Gasteiger partial charge in [0.05, 0.1) is 27.4 Å². The van der Waals surface area contributed by atoms with Crippen LogP contribution < -0.4 is 10.2 Å². The summed E-state index contributed by atoms with van der Waals surface area (Å²) in [5.74, 6) is 0.788. The third-order valence-corrected chi connectivity index (χ3v) is 5.44. The van der Waals surface area contributed by atoms with Crippen LogP contribution in [0.25, 0.3) is 11.1 Å². The maximum absolute atomic E-state index is 12.4. The van der Waals surface area contributed by atoms with Gasteiger partial charge in [-0.3, -0.25) is 9.88 Å². The normalized spacial score (nSPS) is 16.4. The van der Waals surface area contributed by atoms with Crippen molar-refractivity contribution in [3.8, 4) is 11.1 Å². The summed E-state index contributed by atoms with van der Waals surface area (Å²) in [5, 5.41) is 2.64. The molecule has 7 nitrogen and oxygen atoms in total. The molecule has 4 radical (unpaired) electrons. The second kappa shape index (κ2) is 8.23. The molecule has 10 heteroatoms. The van der Waals surface area contributed by atoms with Crippen LogP contribution in [0, 0.1) is 0 Å². The van der Waals surface area contributed by atoms with Crippen molar-refractivity contribution < 1.29 is 4.79 Å². The Hall–Kier alpha value is -3.06. The number of amides is 2. The van der Waals surface area contributed by atoms with Gasteiger partial charge in [0.15, 0.2) is 0 Å². The van der Waals surface area contributed by atoms with Gasteiger partial charge in [-0.05, 0) is 42.1 Å². The molecule has 31 heavy (non-hydrogen) atoms. The highest BCUT2D eigenvalue weighted by atomic mass is 35.5. The first kappa shape index (κ1) is 21.2. The Kier molecular flexibility index (Phi) is 5.62. The summed E-state index contributed by atoms with van der Waals surface area (Å²) in [4.78, 5) is 28.4. The Morgan fingerprint density at radius 3 is 2.61 bits per heavy atom. The molecule has 1 atom stereocenters. The predicted octanol–water partition coefficient (Wildman–Crippen LogP) is 3.23. The summed E-state index contributed by atoms with van der Waals surface area (Å²) in [7, 11) is 13.5. The molecule has 1 aromatic carbocycles. The lowest BCUT2D eigenvalue weighted by atomic mass is 9.61. The minimum atomic E-state index is -1.25. The molecule has 1 unspecified atom stereocenters. The Morgan fingerprint density at radius 2 is 1.97 bits per heavy atom. The lowest BCUT2D eigenvalue weighted by Crippen LogP contribution is -2.45. The molecule has 0 spiro atoms. The van der Waals surface area contributed by atoms with Crippen LogP contribution in [-0.4, -0.2) is 60.5 Å². The zero-order valence-corrected chi connectivity index (χ0v) is 17.9. The third kappa shape index (κ3) is 4.37. The van der Waals surface area contributed by atoms with E-state index in [-0.39, 0.29) is 18.6 Å². The van der Waals surface area contributed by atoms with E-state index in [1.165, 1.54) is 9.80 Å². The van der Waals surface area contributed by atoms with Crippen molar-refractivity contribution in [1.29, 1.82) is 0 Å². The zero-order valence-electron chi connectivity index (χ0n) is 17.2. The molecule has 152 valence electrons. The fraction of sp³-hybridized carbons (Fsp3) is 0.238. The van der Waals surface area contributed by atoms with E-state index < -0.39 is 5.34 Å². The standard InChI is InChI=1S/C21H19B2ClN6O/c1-13(17-7-6-15(11-26-17)14-4-3-5-16(24)10-14)27-19-25-9-8-18(28-19)30-12-21(22,23)29(2)20(30)31/h3-11,13H,12H2,1-2H3,(H,25,27,28). The first-order valence-electron chi connectivity index (χ1n) is 9.69. The van der Waals surface area contributed by atoms with Gasteiger partial charge >= 0.3 is 6.03 Å². The van der Waals surface area contributed by atoms with Gasteiger partial charge in [-0.1, -0.05) is 29.8 Å². The van der Waals surface area contributed by atoms with Crippen LogP contribution in [0.1, 0.15) is 18.7 Å². The average molecular weight is 429 g/mol. The number of halogens is 1. The van der Waals surface area contributed by atoms with Crippen molar-refractivity contribution in [3.05, 3.63) is 65.6 Å². The number of rotatable bonds is 5. The summed E-state index contributed by atoms with van der Waals surface area (Å²) in [6, 6.07) is 12.7. The van der Waals surface area contributed by atoms with Gasteiger partial charge in [-0.2, -0.15) is 4.98 Å². The van der Waals surface area contributed by atoms with E-state index in [4.69, 9.17) is 27.3 Å². The van der Waals surface area contributed by atoms with Gasteiger partial charge in [-0.15, -0.1) is 0 Å². The number of hydrogen-bond donors (Lipinski definition) is 1. The topological polar surface area (TPSA) is 74.2 Å². The number of likely N-dealkylation sites (N-methyl/N-ethyl adjacent to an activating group) is 1. The molecular formula is C21H19B2ClN6O. The Labute approximate surface area is 188 Å². The molecule has 1 saturated heterocycles. The maximum atomic E-state index is 12.4. The van der Waals surface area contributed by atoms with E-state index in [0.29, 0.717) is 16.8 Å². The molecule has 0 aliphatic carbocycles. The van der Waals surface area contributed by atoms with E-state index in [1.54, 1.807) is 25.5 Å². The SMILES string of the molecule is [B]C1([B])CN(c2ccnc(NC(C)c3ccc(-c4cccc(Cl)c4)cn3)n2)C(=O)N1C. The van der Waals surface area contributed by atoms with Gasteiger partial charge in [0, 0.05) is 36.6 Å². The van der Waals surface area contributed by atoms with Gasteiger partial charge in [0.2, 0.25) is 5.95 Å². The van der Waals surface area contributed by atoms with Gasteiger partial charge in [-0.25, -0.2) is 9.78 Å². The molecule has 1 aliphatic heterocycles. The van der Waals surface area contributed by atoms with Crippen LogP contribution in [0.3, 0.4) is 0 Å². The Morgan fingerprint density at radius 1 is 1.16 bits per heavy atom. The number of carbonyl (C=O) groups is 1. The van der Waals surface area contributed by atoms with Crippen LogP contribution in [0.5, 0.6) is 0 Å². The summed E-state index contributed by atoms with van der Waals surface area (Å²) in [6.07, 6.45) is 3.38. The lowest BCUT2D eigenvalue weighted by molar-refractivity contribution is 0.223. The van der Waals surface area contributed by atoms with Crippen molar-refractivity contribution in [2.75, 3.05) is 23.8 Å². The molecular weight excluding hydrogens is 409 g/mol. The van der Waals surface area contributed by atoms with E-state index in [0.717, 1.165) is 16.8 Å². The van der Waals surface area contributed by atoms with Crippen molar-refractivity contribution in [1.82, 2.24) is 19.9 Å². The van der Waals surface area contributed by atoms with E-state index in [9.17, 15) is 4.79 Å². The quantitative estimate of drug-likeness (QED) is 0.632. The first-order chi connectivity index (χ1) is 14.7. The molecule has 1 N–H and O–H groups in total. The summed E-state index contributed by atoms with van der Waals surface area (Å²) in [5.41, 5.74) is 2.79. The predicted molar refractivity (Wildman–Crippen MR) is 123 cm³/mol.